The fourth-order valence-electron chi connectivity index (χ4n) is 4.48. The number of carbonyl (C=O) groups is 1. The largest absolute Gasteiger partial charge is 0.493 e. The summed E-state index contributed by atoms with van der Waals surface area (Å²) in [7, 11) is 3.21. The van der Waals surface area contributed by atoms with Gasteiger partial charge in [-0.15, -0.1) is 11.3 Å². The summed E-state index contributed by atoms with van der Waals surface area (Å²) >= 11 is 1.50. The number of carbonyl (C=O) groups excluding carboxylic acids is 1. The van der Waals surface area contributed by atoms with Crippen molar-refractivity contribution in [2.24, 2.45) is 0 Å². The Bertz CT molecular complexity index is 1480. The van der Waals surface area contributed by atoms with E-state index in [-0.39, 0.29) is 11.6 Å². The van der Waals surface area contributed by atoms with Crippen LogP contribution in [0.15, 0.2) is 53.6 Å². The van der Waals surface area contributed by atoms with Gasteiger partial charge < -0.3 is 19.7 Å². The Morgan fingerprint density at radius 2 is 1.89 bits per heavy atom. The number of aryl methyl sites for hydroxylation is 3. The molecule has 186 valence electrons. The fourth-order valence-corrected chi connectivity index (χ4v) is 5.67. The molecule has 1 N–H and O–H groups in total. The molecule has 8 nitrogen and oxygen atoms in total. The molecule has 0 bridgehead atoms. The number of aromatic nitrogens is 2. The molecule has 2 aromatic heterocycles. The molecule has 36 heavy (non-hydrogen) atoms. The van der Waals surface area contributed by atoms with Crippen molar-refractivity contribution in [3.8, 4) is 11.5 Å². The second kappa shape index (κ2) is 10.0. The summed E-state index contributed by atoms with van der Waals surface area (Å²) in [5.41, 5.74) is 3.94. The molecule has 0 spiro atoms. The van der Waals surface area contributed by atoms with Crippen molar-refractivity contribution in [1.29, 1.82) is 0 Å². The lowest BCUT2D eigenvalue weighted by molar-refractivity contribution is 0.207. The predicted molar refractivity (Wildman–Crippen MR) is 141 cm³/mol. The molecule has 2 aromatic carbocycles. The average molecular weight is 505 g/mol. The molecule has 0 radical (unpaired) electrons. The number of nitrogens with one attached hydrogen (secondary N) is 1. The number of rotatable bonds is 6. The third-order valence-corrected chi connectivity index (χ3v) is 7.63. The number of amides is 2. The SMILES string of the molecule is COc1ccc(CCn2cnc3sc4c(c3c2=O)CCN(C(=O)Nc2ccc(C)cc2)C4)cc1OC. The van der Waals surface area contributed by atoms with Gasteiger partial charge in [0.2, 0.25) is 0 Å². The average Bonchev–Trinajstić information content (AvgIpc) is 3.28. The number of anilines is 1. The van der Waals surface area contributed by atoms with Gasteiger partial charge in [0, 0.05) is 23.7 Å². The van der Waals surface area contributed by atoms with Gasteiger partial charge in [-0.2, -0.15) is 0 Å². The summed E-state index contributed by atoms with van der Waals surface area (Å²) in [5, 5.41) is 3.65. The molecule has 0 fully saturated rings. The van der Waals surface area contributed by atoms with Crippen molar-refractivity contribution in [2.45, 2.75) is 32.9 Å². The summed E-state index contributed by atoms with van der Waals surface area (Å²) in [6.07, 6.45) is 2.91. The first-order chi connectivity index (χ1) is 17.5. The summed E-state index contributed by atoms with van der Waals surface area (Å²) in [4.78, 5) is 34.3. The lowest BCUT2D eigenvalue weighted by Gasteiger charge is -2.27. The zero-order chi connectivity index (χ0) is 25.2. The number of hydrogen-bond donors (Lipinski definition) is 1. The summed E-state index contributed by atoms with van der Waals surface area (Å²) < 4.78 is 12.4. The van der Waals surface area contributed by atoms with Gasteiger partial charge in [-0.25, -0.2) is 9.78 Å². The first kappa shape index (κ1) is 23.9. The Hall–Kier alpha value is -3.85. The first-order valence-corrected chi connectivity index (χ1v) is 12.6. The fraction of sp³-hybridized carbons (Fsp3) is 0.296. The zero-order valence-corrected chi connectivity index (χ0v) is 21.4. The Labute approximate surface area is 213 Å². The normalized spacial score (nSPS) is 12.9. The van der Waals surface area contributed by atoms with Gasteiger partial charge >= 0.3 is 6.03 Å². The number of ether oxygens (including phenoxy) is 2. The van der Waals surface area contributed by atoms with E-state index in [1.54, 1.807) is 30.0 Å². The van der Waals surface area contributed by atoms with E-state index in [4.69, 9.17) is 9.47 Å². The van der Waals surface area contributed by atoms with Crippen LogP contribution in [0.25, 0.3) is 10.2 Å². The van der Waals surface area contributed by atoms with Crippen LogP contribution in [0.3, 0.4) is 0 Å². The van der Waals surface area contributed by atoms with E-state index in [0.717, 1.165) is 32.1 Å². The highest BCUT2D eigenvalue weighted by Crippen LogP contribution is 2.33. The van der Waals surface area contributed by atoms with Crippen LogP contribution in [0.4, 0.5) is 10.5 Å². The molecular formula is C27H28N4O4S. The summed E-state index contributed by atoms with van der Waals surface area (Å²) in [6.45, 7) is 3.54. The maximum atomic E-state index is 13.4. The monoisotopic (exact) mass is 504 g/mol. The van der Waals surface area contributed by atoms with Crippen LogP contribution in [0.1, 0.15) is 21.6 Å². The molecule has 0 saturated heterocycles. The second-order valence-corrected chi connectivity index (χ2v) is 9.92. The molecule has 9 heteroatoms. The molecule has 3 heterocycles. The van der Waals surface area contributed by atoms with Crippen LogP contribution in [0, 0.1) is 6.92 Å². The predicted octanol–water partition coefficient (Wildman–Crippen LogP) is 4.62. The minimum atomic E-state index is -0.137. The Morgan fingerprint density at radius 1 is 1.11 bits per heavy atom. The van der Waals surface area contributed by atoms with Crippen molar-refractivity contribution in [3.05, 3.63) is 80.7 Å². The number of methoxy groups -OCH3 is 2. The quantitative estimate of drug-likeness (QED) is 0.414. The van der Waals surface area contributed by atoms with Crippen molar-refractivity contribution >= 4 is 33.3 Å². The van der Waals surface area contributed by atoms with Crippen LogP contribution >= 0.6 is 11.3 Å². The van der Waals surface area contributed by atoms with Crippen LogP contribution in [-0.4, -0.2) is 41.2 Å². The topological polar surface area (TPSA) is 85.7 Å². The van der Waals surface area contributed by atoms with E-state index in [1.807, 2.05) is 49.4 Å². The molecule has 5 rings (SSSR count). The van der Waals surface area contributed by atoms with Crippen LogP contribution in [-0.2, 0) is 25.9 Å². The molecule has 2 amide bonds. The van der Waals surface area contributed by atoms with E-state index in [0.29, 0.717) is 49.4 Å². The van der Waals surface area contributed by atoms with Crippen LogP contribution in [0.2, 0.25) is 0 Å². The highest BCUT2D eigenvalue weighted by molar-refractivity contribution is 7.18. The van der Waals surface area contributed by atoms with Crippen LogP contribution in [0.5, 0.6) is 11.5 Å². The molecule has 0 atom stereocenters. The number of nitrogens with zero attached hydrogens (tertiary/aromatic N) is 3. The van der Waals surface area contributed by atoms with Gasteiger partial charge in [-0.3, -0.25) is 9.36 Å². The maximum Gasteiger partial charge on any atom is 0.322 e. The molecule has 0 aliphatic carbocycles. The number of hydrogen-bond acceptors (Lipinski definition) is 6. The van der Waals surface area contributed by atoms with Crippen molar-refractivity contribution in [2.75, 3.05) is 26.1 Å². The third-order valence-electron chi connectivity index (χ3n) is 6.51. The number of thiophene rings is 1. The van der Waals surface area contributed by atoms with E-state index in [1.165, 1.54) is 11.3 Å². The molecule has 1 aliphatic heterocycles. The lowest BCUT2D eigenvalue weighted by atomic mass is 10.1. The van der Waals surface area contributed by atoms with Crippen molar-refractivity contribution in [1.82, 2.24) is 14.5 Å². The van der Waals surface area contributed by atoms with E-state index < -0.39 is 0 Å². The standard InChI is InChI=1S/C27H28N4O4S/c1-17-4-7-19(8-5-17)29-27(33)30-13-11-20-23(15-30)36-25-24(20)26(32)31(16-28-25)12-10-18-6-9-21(34-2)22(14-18)35-3/h4-9,14,16H,10-13,15H2,1-3H3,(H,29,33). The number of benzene rings is 2. The lowest BCUT2D eigenvalue weighted by Crippen LogP contribution is -2.38. The molecule has 0 saturated carbocycles. The summed E-state index contributed by atoms with van der Waals surface area (Å²) in [5.74, 6) is 1.34. The van der Waals surface area contributed by atoms with Crippen LogP contribution < -0.4 is 20.3 Å². The molecule has 1 aliphatic rings. The van der Waals surface area contributed by atoms with E-state index in [2.05, 4.69) is 10.3 Å². The first-order valence-electron chi connectivity index (χ1n) is 11.8. The van der Waals surface area contributed by atoms with Gasteiger partial charge in [0.15, 0.2) is 11.5 Å². The van der Waals surface area contributed by atoms with Crippen molar-refractivity contribution in [3.63, 3.8) is 0 Å². The van der Waals surface area contributed by atoms with Gasteiger partial charge in [-0.05, 0) is 55.2 Å². The third kappa shape index (κ3) is 4.66. The Morgan fingerprint density at radius 3 is 2.64 bits per heavy atom. The van der Waals surface area contributed by atoms with Gasteiger partial charge in [0.05, 0.1) is 32.5 Å². The van der Waals surface area contributed by atoms with Gasteiger partial charge in [0.1, 0.15) is 4.83 Å². The highest BCUT2D eigenvalue weighted by Gasteiger charge is 2.26. The highest BCUT2D eigenvalue weighted by atomic mass is 32.1. The van der Waals surface area contributed by atoms with Gasteiger partial charge in [-0.1, -0.05) is 23.8 Å². The Kier molecular flexibility index (Phi) is 6.65. The molecule has 0 unspecified atom stereocenters. The maximum absolute atomic E-state index is 13.4. The Balaban J connectivity index is 1.32. The molecular weight excluding hydrogens is 476 g/mol. The van der Waals surface area contributed by atoms with Crippen molar-refractivity contribution < 1.29 is 14.3 Å². The smallest absolute Gasteiger partial charge is 0.322 e. The summed E-state index contributed by atoms with van der Waals surface area (Å²) in [6, 6.07) is 13.4. The second-order valence-electron chi connectivity index (χ2n) is 8.83. The molecule has 4 aromatic rings. The number of urea groups is 1. The zero-order valence-electron chi connectivity index (χ0n) is 20.5. The van der Waals surface area contributed by atoms with E-state index >= 15 is 0 Å². The minimum absolute atomic E-state index is 0.0319. The van der Waals surface area contributed by atoms with Gasteiger partial charge in [0.25, 0.3) is 5.56 Å². The van der Waals surface area contributed by atoms with E-state index in [9.17, 15) is 9.59 Å². The number of fused-ring (bicyclic) bond motifs is 3. The minimum Gasteiger partial charge on any atom is -0.493 e.